The third-order valence-corrected chi connectivity index (χ3v) is 4.70. The molecule has 2 N–H and O–H groups in total. The molecule has 1 aromatic rings. The number of aliphatic hydroxyl groups excluding tert-OH is 1. The second-order valence-electron chi connectivity index (χ2n) is 6.84. The molecule has 23 heavy (non-hydrogen) atoms. The fraction of sp³-hybridized carbons (Fsp3) is 0.562. The average molecular weight is 331 g/mol. The van der Waals surface area contributed by atoms with Gasteiger partial charge in [-0.3, -0.25) is 4.90 Å². The average Bonchev–Trinajstić information content (AvgIpc) is 2.44. The molecule has 0 radical (unpaired) electrons. The predicted molar refractivity (Wildman–Crippen MR) is 78.1 cm³/mol. The molecule has 1 amide bonds. The van der Waals surface area contributed by atoms with Crippen LogP contribution in [0.4, 0.5) is 18.0 Å². The molecule has 0 aromatic heterocycles. The number of alkyl halides is 3. The zero-order chi connectivity index (χ0) is 17.6. The largest absolute Gasteiger partial charge is 0.465 e. The second-order valence-corrected chi connectivity index (χ2v) is 6.84. The van der Waals surface area contributed by atoms with Gasteiger partial charge in [0, 0.05) is 12.0 Å². The summed E-state index contributed by atoms with van der Waals surface area (Å²) < 4.78 is 43.8. The van der Waals surface area contributed by atoms with E-state index in [-0.39, 0.29) is 22.4 Å². The first-order chi connectivity index (χ1) is 10.5. The number of hydrogen-bond donors (Lipinski definition) is 2. The summed E-state index contributed by atoms with van der Waals surface area (Å²) in [6, 6.07) is 5.86. The lowest BCUT2D eigenvalue weighted by Gasteiger charge is -2.57. The fourth-order valence-corrected chi connectivity index (χ4v) is 3.44. The number of carboxylic acid groups (broad SMARTS) is 1. The van der Waals surface area contributed by atoms with Crippen molar-refractivity contribution in [3.05, 3.63) is 35.4 Å². The number of hydrogen-bond acceptors (Lipinski definition) is 2. The smallest absolute Gasteiger partial charge is 0.410 e. The summed E-state index contributed by atoms with van der Waals surface area (Å²) in [6.45, 7) is 3.10. The SMILES string of the molecule is CC(C)(C)C1(C(F)F)Cc2ccccc2C(F)(CO)N1C(=O)O. The number of aliphatic hydroxyl groups is 1. The van der Waals surface area contributed by atoms with Crippen molar-refractivity contribution >= 4 is 6.09 Å². The lowest BCUT2D eigenvalue weighted by Crippen LogP contribution is -2.72. The van der Waals surface area contributed by atoms with Gasteiger partial charge < -0.3 is 10.2 Å². The van der Waals surface area contributed by atoms with E-state index < -0.39 is 35.9 Å². The minimum Gasteiger partial charge on any atom is -0.465 e. The van der Waals surface area contributed by atoms with Crippen molar-refractivity contribution in [1.82, 2.24) is 4.90 Å². The van der Waals surface area contributed by atoms with Gasteiger partial charge in [0.15, 0.2) is 0 Å². The van der Waals surface area contributed by atoms with Crippen LogP contribution in [0, 0.1) is 5.41 Å². The van der Waals surface area contributed by atoms with Gasteiger partial charge in [0.2, 0.25) is 5.79 Å². The van der Waals surface area contributed by atoms with Crippen molar-refractivity contribution in [2.45, 2.75) is 44.9 Å². The van der Waals surface area contributed by atoms with Crippen molar-refractivity contribution in [1.29, 1.82) is 0 Å². The van der Waals surface area contributed by atoms with E-state index in [2.05, 4.69) is 0 Å². The van der Waals surface area contributed by atoms with Crippen LogP contribution in [0.2, 0.25) is 0 Å². The van der Waals surface area contributed by atoms with Crippen molar-refractivity contribution in [2.24, 2.45) is 5.41 Å². The minimum absolute atomic E-state index is 0.0922. The molecular formula is C16H20F3NO3. The van der Waals surface area contributed by atoms with Crippen LogP contribution >= 0.6 is 0 Å². The Morgan fingerprint density at radius 3 is 2.35 bits per heavy atom. The fourth-order valence-electron chi connectivity index (χ4n) is 3.44. The molecule has 0 fully saturated rings. The van der Waals surface area contributed by atoms with Crippen LogP contribution in [0.15, 0.2) is 24.3 Å². The highest BCUT2D eigenvalue weighted by atomic mass is 19.3. The molecule has 1 aliphatic rings. The number of rotatable bonds is 2. The van der Waals surface area contributed by atoms with Gasteiger partial charge in [-0.05, 0) is 11.0 Å². The standard InChI is InChI=1S/C16H20F3NO3/c1-14(2,3)15(12(17)18)8-10-6-4-5-7-11(10)16(19,9-21)20(15)13(22)23/h4-7,12,21H,8-9H2,1-3H3,(H,22,23). The Bertz CT molecular complexity index is 617. The number of amides is 1. The van der Waals surface area contributed by atoms with Gasteiger partial charge >= 0.3 is 6.09 Å². The molecule has 1 aromatic carbocycles. The number of fused-ring (bicyclic) bond motifs is 1. The van der Waals surface area contributed by atoms with Gasteiger partial charge in [-0.1, -0.05) is 45.0 Å². The molecule has 4 nitrogen and oxygen atoms in total. The number of halogens is 3. The molecule has 2 unspecified atom stereocenters. The molecule has 0 saturated carbocycles. The first-order valence-electron chi connectivity index (χ1n) is 7.22. The van der Waals surface area contributed by atoms with E-state index in [1.165, 1.54) is 39.0 Å². The van der Waals surface area contributed by atoms with Gasteiger partial charge in [-0.25, -0.2) is 18.0 Å². The molecule has 0 aliphatic carbocycles. The Morgan fingerprint density at radius 1 is 1.35 bits per heavy atom. The van der Waals surface area contributed by atoms with Crippen LogP contribution in [0.1, 0.15) is 31.9 Å². The summed E-state index contributed by atoms with van der Waals surface area (Å²) in [4.78, 5) is 11.9. The zero-order valence-electron chi connectivity index (χ0n) is 13.2. The van der Waals surface area contributed by atoms with Crippen LogP contribution in [0.3, 0.4) is 0 Å². The normalized spacial score (nSPS) is 27.9. The van der Waals surface area contributed by atoms with Crippen LogP contribution < -0.4 is 0 Å². The molecule has 0 spiro atoms. The van der Waals surface area contributed by atoms with Crippen molar-refractivity contribution in [3.8, 4) is 0 Å². The first kappa shape index (κ1) is 17.6. The van der Waals surface area contributed by atoms with E-state index in [4.69, 9.17) is 0 Å². The number of carbonyl (C=O) groups is 1. The summed E-state index contributed by atoms with van der Waals surface area (Å²) in [5, 5.41) is 19.1. The monoisotopic (exact) mass is 331 g/mol. The molecule has 1 heterocycles. The Labute approximate surface area is 132 Å². The van der Waals surface area contributed by atoms with Crippen LogP contribution in [0.25, 0.3) is 0 Å². The highest BCUT2D eigenvalue weighted by Crippen LogP contribution is 2.53. The van der Waals surface area contributed by atoms with E-state index in [1.807, 2.05) is 0 Å². The summed E-state index contributed by atoms with van der Waals surface area (Å²) in [5.74, 6) is -2.93. The second kappa shape index (κ2) is 5.40. The van der Waals surface area contributed by atoms with E-state index in [9.17, 15) is 23.8 Å². The maximum absolute atomic E-state index is 15.6. The highest BCUT2D eigenvalue weighted by Gasteiger charge is 2.65. The summed E-state index contributed by atoms with van der Waals surface area (Å²) in [5.41, 5.74) is -3.38. The molecule has 7 heteroatoms. The van der Waals surface area contributed by atoms with E-state index in [1.54, 1.807) is 6.07 Å². The molecule has 0 saturated heterocycles. The molecule has 2 atom stereocenters. The Morgan fingerprint density at radius 2 is 1.91 bits per heavy atom. The third kappa shape index (κ3) is 2.29. The highest BCUT2D eigenvalue weighted by molar-refractivity contribution is 5.69. The molecule has 1 aliphatic heterocycles. The van der Waals surface area contributed by atoms with Gasteiger partial charge in [0.25, 0.3) is 6.43 Å². The first-order valence-corrected chi connectivity index (χ1v) is 7.22. The van der Waals surface area contributed by atoms with Crippen LogP contribution in [0.5, 0.6) is 0 Å². The predicted octanol–water partition coefficient (Wildman–Crippen LogP) is 3.39. The molecular weight excluding hydrogens is 311 g/mol. The number of benzene rings is 1. The molecule has 2 rings (SSSR count). The van der Waals surface area contributed by atoms with Gasteiger partial charge in [-0.2, -0.15) is 0 Å². The van der Waals surface area contributed by atoms with Gasteiger partial charge in [-0.15, -0.1) is 0 Å². The maximum atomic E-state index is 15.6. The lowest BCUT2D eigenvalue weighted by molar-refractivity contribution is -0.200. The Kier molecular flexibility index (Phi) is 4.13. The lowest BCUT2D eigenvalue weighted by atomic mass is 9.65. The maximum Gasteiger partial charge on any atom is 0.410 e. The number of nitrogens with zero attached hydrogens (tertiary/aromatic N) is 1. The van der Waals surface area contributed by atoms with Crippen molar-refractivity contribution < 1.29 is 28.2 Å². The molecule has 128 valence electrons. The van der Waals surface area contributed by atoms with E-state index in [0.717, 1.165) is 0 Å². The van der Waals surface area contributed by atoms with Crippen molar-refractivity contribution in [2.75, 3.05) is 6.61 Å². The van der Waals surface area contributed by atoms with Crippen LogP contribution in [-0.2, 0) is 12.2 Å². The van der Waals surface area contributed by atoms with E-state index >= 15 is 4.39 Å². The summed E-state index contributed by atoms with van der Waals surface area (Å²) in [7, 11) is 0. The van der Waals surface area contributed by atoms with E-state index in [0.29, 0.717) is 0 Å². The summed E-state index contributed by atoms with van der Waals surface area (Å²) in [6.07, 6.45) is -5.29. The third-order valence-electron chi connectivity index (χ3n) is 4.70. The van der Waals surface area contributed by atoms with Crippen LogP contribution in [-0.4, -0.2) is 39.8 Å². The van der Waals surface area contributed by atoms with Crippen molar-refractivity contribution in [3.63, 3.8) is 0 Å². The Balaban J connectivity index is 2.86. The molecule has 0 bridgehead atoms. The topological polar surface area (TPSA) is 60.8 Å². The quantitative estimate of drug-likeness (QED) is 0.817. The Hall–Kier alpha value is -1.76. The van der Waals surface area contributed by atoms with Gasteiger partial charge in [0.05, 0.1) is 0 Å². The zero-order valence-corrected chi connectivity index (χ0v) is 13.2. The summed E-state index contributed by atoms with van der Waals surface area (Å²) >= 11 is 0. The minimum atomic E-state index is -3.13. The van der Waals surface area contributed by atoms with Gasteiger partial charge in [0.1, 0.15) is 12.1 Å².